The Bertz CT molecular complexity index is 430. The van der Waals surface area contributed by atoms with Crippen LogP contribution in [0, 0.1) is 18.3 Å². The van der Waals surface area contributed by atoms with Crippen LogP contribution in [0.3, 0.4) is 0 Å². The SMILES string of the molecule is Cc1cc(OCC(C)(N)C#N)ccc1C(C)C. The Morgan fingerprint density at radius 1 is 1.47 bits per heavy atom. The smallest absolute Gasteiger partial charge is 0.135 e. The van der Waals surface area contributed by atoms with Gasteiger partial charge in [0.05, 0.1) is 6.07 Å². The molecule has 0 saturated heterocycles. The monoisotopic (exact) mass is 232 g/mol. The maximum Gasteiger partial charge on any atom is 0.135 e. The summed E-state index contributed by atoms with van der Waals surface area (Å²) in [6, 6.07) is 7.99. The van der Waals surface area contributed by atoms with Crippen molar-refractivity contribution in [3.8, 4) is 11.8 Å². The van der Waals surface area contributed by atoms with Gasteiger partial charge in [-0.05, 0) is 43.0 Å². The number of nitriles is 1. The summed E-state index contributed by atoms with van der Waals surface area (Å²) in [5.41, 5.74) is 7.27. The summed E-state index contributed by atoms with van der Waals surface area (Å²) in [5, 5.41) is 8.79. The number of hydrogen-bond acceptors (Lipinski definition) is 3. The summed E-state index contributed by atoms with van der Waals surface area (Å²) >= 11 is 0. The van der Waals surface area contributed by atoms with Crippen molar-refractivity contribution >= 4 is 0 Å². The largest absolute Gasteiger partial charge is 0.491 e. The van der Waals surface area contributed by atoms with E-state index < -0.39 is 5.54 Å². The van der Waals surface area contributed by atoms with Crippen molar-refractivity contribution in [3.05, 3.63) is 29.3 Å². The highest BCUT2D eigenvalue weighted by Crippen LogP contribution is 2.23. The number of hydrogen-bond donors (Lipinski definition) is 1. The molecule has 0 bridgehead atoms. The third kappa shape index (κ3) is 3.76. The average Bonchev–Trinajstić information content (AvgIpc) is 2.26. The summed E-state index contributed by atoms with van der Waals surface area (Å²) in [4.78, 5) is 0. The van der Waals surface area contributed by atoms with Crippen LogP contribution in [0.1, 0.15) is 37.8 Å². The van der Waals surface area contributed by atoms with Gasteiger partial charge < -0.3 is 10.5 Å². The quantitative estimate of drug-likeness (QED) is 0.868. The molecule has 92 valence electrons. The Kier molecular flexibility index (Phi) is 4.14. The first-order valence-electron chi connectivity index (χ1n) is 5.79. The van der Waals surface area contributed by atoms with Crippen LogP contribution in [-0.4, -0.2) is 12.1 Å². The van der Waals surface area contributed by atoms with Crippen molar-refractivity contribution < 1.29 is 4.74 Å². The lowest BCUT2D eigenvalue weighted by Gasteiger charge is -2.17. The van der Waals surface area contributed by atoms with Crippen LogP contribution in [0.5, 0.6) is 5.75 Å². The maximum absolute atomic E-state index is 8.79. The van der Waals surface area contributed by atoms with Crippen LogP contribution in [0.4, 0.5) is 0 Å². The highest BCUT2D eigenvalue weighted by Gasteiger charge is 2.18. The molecule has 0 fully saturated rings. The summed E-state index contributed by atoms with van der Waals surface area (Å²) in [5.74, 6) is 1.27. The second-order valence-corrected chi connectivity index (χ2v) is 4.99. The van der Waals surface area contributed by atoms with Gasteiger partial charge in [0.15, 0.2) is 0 Å². The molecule has 1 aromatic rings. The highest BCUT2D eigenvalue weighted by molar-refractivity contribution is 5.36. The zero-order valence-corrected chi connectivity index (χ0v) is 10.9. The predicted octanol–water partition coefficient (Wildman–Crippen LogP) is 2.74. The van der Waals surface area contributed by atoms with Crippen LogP contribution in [0.2, 0.25) is 0 Å². The van der Waals surface area contributed by atoms with Crippen molar-refractivity contribution in [1.29, 1.82) is 5.26 Å². The normalized spacial score (nSPS) is 14.2. The molecule has 0 heterocycles. The van der Waals surface area contributed by atoms with E-state index in [2.05, 4.69) is 26.8 Å². The molecule has 1 aromatic carbocycles. The minimum atomic E-state index is -0.940. The van der Waals surface area contributed by atoms with Gasteiger partial charge in [-0.1, -0.05) is 19.9 Å². The zero-order chi connectivity index (χ0) is 13.1. The third-order valence-corrected chi connectivity index (χ3v) is 2.66. The number of aryl methyl sites for hydroxylation is 1. The predicted molar refractivity (Wildman–Crippen MR) is 69.0 cm³/mol. The number of nitrogens with two attached hydrogens (primary N) is 1. The molecule has 0 aliphatic rings. The van der Waals surface area contributed by atoms with Gasteiger partial charge in [0.1, 0.15) is 17.9 Å². The lowest BCUT2D eigenvalue weighted by Crippen LogP contribution is -2.40. The maximum atomic E-state index is 8.79. The number of rotatable bonds is 4. The summed E-state index contributed by atoms with van der Waals surface area (Å²) in [6.45, 7) is 8.24. The fraction of sp³-hybridized carbons (Fsp3) is 0.500. The Labute approximate surface area is 103 Å². The van der Waals surface area contributed by atoms with Crippen molar-refractivity contribution in [2.24, 2.45) is 5.73 Å². The van der Waals surface area contributed by atoms with Gasteiger partial charge >= 0.3 is 0 Å². The number of nitrogens with zero attached hydrogens (tertiary/aromatic N) is 1. The molecule has 0 aliphatic heterocycles. The van der Waals surface area contributed by atoms with E-state index in [1.54, 1.807) is 6.92 Å². The van der Waals surface area contributed by atoms with Crippen molar-refractivity contribution in [3.63, 3.8) is 0 Å². The molecule has 0 aromatic heterocycles. The van der Waals surface area contributed by atoms with Crippen LogP contribution >= 0.6 is 0 Å². The summed E-state index contributed by atoms with van der Waals surface area (Å²) < 4.78 is 5.53. The van der Waals surface area contributed by atoms with E-state index in [1.807, 2.05) is 18.2 Å². The van der Waals surface area contributed by atoms with Gasteiger partial charge in [-0.25, -0.2) is 0 Å². The standard InChI is InChI=1S/C14H20N2O/c1-10(2)13-6-5-12(7-11(13)3)17-9-14(4,16)8-15/h5-7,10H,9,16H2,1-4H3. The first kappa shape index (κ1) is 13.5. The van der Waals surface area contributed by atoms with Crippen LogP contribution in [0.15, 0.2) is 18.2 Å². The van der Waals surface area contributed by atoms with E-state index in [4.69, 9.17) is 15.7 Å². The van der Waals surface area contributed by atoms with Gasteiger partial charge in [-0.15, -0.1) is 0 Å². The Morgan fingerprint density at radius 3 is 2.59 bits per heavy atom. The van der Waals surface area contributed by atoms with E-state index >= 15 is 0 Å². The van der Waals surface area contributed by atoms with Gasteiger partial charge in [0, 0.05) is 0 Å². The van der Waals surface area contributed by atoms with Crippen LogP contribution < -0.4 is 10.5 Å². The first-order valence-corrected chi connectivity index (χ1v) is 5.79. The summed E-state index contributed by atoms with van der Waals surface area (Å²) in [6.07, 6.45) is 0. The molecule has 0 radical (unpaired) electrons. The first-order chi connectivity index (χ1) is 7.85. The van der Waals surface area contributed by atoms with Gasteiger partial charge in [-0.2, -0.15) is 5.26 Å². The van der Waals surface area contributed by atoms with Crippen molar-refractivity contribution in [2.75, 3.05) is 6.61 Å². The molecule has 1 atom stereocenters. The van der Waals surface area contributed by atoms with Crippen molar-refractivity contribution in [2.45, 2.75) is 39.2 Å². The number of ether oxygens (including phenoxy) is 1. The molecule has 0 spiro atoms. The molecule has 0 saturated carbocycles. The van der Waals surface area contributed by atoms with Crippen molar-refractivity contribution in [1.82, 2.24) is 0 Å². The van der Waals surface area contributed by atoms with Gasteiger partial charge in [-0.3, -0.25) is 0 Å². The van der Waals surface area contributed by atoms with Crippen LogP contribution in [-0.2, 0) is 0 Å². The van der Waals surface area contributed by atoms with Gasteiger partial charge in [0.25, 0.3) is 0 Å². The Balaban J connectivity index is 2.76. The Morgan fingerprint density at radius 2 is 2.12 bits per heavy atom. The minimum absolute atomic E-state index is 0.198. The highest BCUT2D eigenvalue weighted by atomic mass is 16.5. The Hall–Kier alpha value is -1.53. The molecule has 0 amide bonds. The summed E-state index contributed by atoms with van der Waals surface area (Å²) in [7, 11) is 0. The molecule has 0 aliphatic carbocycles. The average molecular weight is 232 g/mol. The zero-order valence-electron chi connectivity index (χ0n) is 10.9. The van der Waals surface area contributed by atoms with E-state index in [1.165, 1.54) is 11.1 Å². The van der Waals surface area contributed by atoms with Crippen LogP contribution in [0.25, 0.3) is 0 Å². The van der Waals surface area contributed by atoms with E-state index in [0.717, 1.165) is 5.75 Å². The molecule has 17 heavy (non-hydrogen) atoms. The van der Waals surface area contributed by atoms with E-state index in [0.29, 0.717) is 5.92 Å². The molecule has 1 rings (SSSR count). The lowest BCUT2D eigenvalue weighted by atomic mass is 9.98. The second-order valence-electron chi connectivity index (χ2n) is 4.99. The molecular weight excluding hydrogens is 212 g/mol. The topological polar surface area (TPSA) is 59.0 Å². The third-order valence-electron chi connectivity index (χ3n) is 2.66. The molecular formula is C14H20N2O. The fourth-order valence-corrected chi connectivity index (χ4v) is 1.65. The fourth-order valence-electron chi connectivity index (χ4n) is 1.65. The minimum Gasteiger partial charge on any atom is -0.491 e. The number of benzene rings is 1. The van der Waals surface area contributed by atoms with Gasteiger partial charge in [0.2, 0.25) is 0 Å². The molecule has 1 unspecified atom stereocenters. The second kappa shape index (κ2) is 5.20. The van der Waals surface area contributed by atoms with E-state index in [-0.39, 0.29) is 6.61 Å². The molecule has 3 heteroatoms. The van der Waals surface area contributed by atoms with E-state index in [9.17, 15) is 0 Å². The molecule has 3 nitrogen and oxygen atoms in total. The molecule has 2 N–H and O–H groups in total. The lowest BCUT2D eigenvalue weighted by molar-refractivity contribution is 0.264.